The number of methoxy groups -OCH3 is 2. The molecule has 0 fully saturated rings. The molecule has 2 nitrogen and oxygen atoms in total. The van der Waals surface area contributed by atoms with Gasteiger partial charge < -0.3 is 9.47 Å². The molecule has 32 heavy (non-hydrogen) atoms. The lowest BCUT2D eigenvalue weighted by molar-refractivity contribution is 0.356. The van der Waals surface area contributed by atoms with E-state index in [0.717, 1.165) is 16.9 Å². The third-order valence-electron chi connectivity index (χ3n) is 5.50. The van der Waals surface area contributed by atoms with Crippen molar-refractivity contribution in [1.29, 1.82) is 0 Å². The van der Waals surface area contributed by atoms with Gasteiger partial charge in [-0.15, -0.1) is 45.3 Å². The predicted octanol–water partition coefficient (Wildman–Crippen LogP) is 9.26. The molecule has 0 N–H and O–H groups in total. The molecular formula is C26H18O2S4. The fraction of sp³-hybridized carbons (Fsp3) is 0.0769. The fourth-order valence-corrected chi connectivity index (χ4v) is 8.04. The lowest BCUT2D eigenvalue weighted by Gasteiger charge is -2.12. The molecule has 4 aromatic heterocycles. The first-order chi connectivity index (χ1) is 15.7. The Labute approximate surface area is 201 Å². The zero-order valence-corrected chi connectivity index (χ0v) is 20.6. The Morgan fingerprint density at radius 2 is 1.28 bits per heavy atom. The van der Waals surface area contributed by atoms with Crippen molar-refractivity contribution in [2.24, 2.45) is 0 Å². The van der Waals surface area contributed by atoms with E-state index in [2.05, 4.69) is 71.4 Å². The van der Waals surface area contributed by atoms with Gasteiger partial charge in [0.25, 0.3) is 0 Å². The van der Waals surface area contributed by atoms with E-state index >= 15 is 0 Å². The highest BCUT2D eigenvalue weighted by Gasteiger charge is 2.18. The first kappa shape index (κ1) is 20.0. The average molecular weight is 491 g/mol. The Balaban J connectivity index is 1.67. The Morgan fingerprint density at radius 1 is 0.594 bits per heavy atom. The predicted molar refractivity (Wildman–Crippen MR) is 142 cm³/mol. The van der Waals surface area contributed by atoms with Crippen LogP contribution in [0.4, 0.5) is 0 Å². The maximum Gasteiger partial charge on any atom is 0.161 e. The zero-order valence-electron chi connectivity index (χ0n) is 17.4. The topological polar surface area (TPSA) is 18.5 Å². The second kappa shape index (κ2) is 8.05. The summed E-state index contributed by atoms with van der Waals surface area (Å²) in [5, 5.41) is 7.88. The number of hydrogen-bond donors (Lipinski definition) is 0. The van der Waals surface area contributed by atoms with Crippen LogP contribution in [0.2, 0.25) is 0 Å². The van der Waals surface area contributed by atoms with Gasteiger partial charge in [0.15, 0.2) is 11.5 Å². The van der Waals surface area contributed by atoms with Crippen LogP contribution in [-0.4, -0.2) is 14.2 Å². The van der Waals surface area contributed by atoms with Gasteiger partial charge in [-0.1, -0.05) is 12.1 Å². The first-order valence-electron chi connectivity index (χ1n) is 10.1. The summed E-state index contributed by atoms with van der Waals surface area (Å²) in [6.07, 6.45) is 0. The standard InChI is InChI=1S/C26H18O2S4/c1-27-18-12-15-11-16-13-24(21-6-4-10-30-21)32-26(16)25(17(15)14-19(18)28-2)23-8-7-22(31-23)20-5-3-9-29-20/h3-14H,1-2H3. The van der Waals surface area contributed by atoms with Crippen molar-refractivity contribution >= 4 is 66.2 Å². The molecule has 0 atom stereocenters. The van der Waals surface area contributed by atoms with E-state index in [-0.39, 0.29) is 0 Å². The van der Waals surface area contributed by atoms with Gasteiger partial charge in [0, 0.05) is 34.6 Å². The summed E-state index contributed by atoms with van der Waals surface area (Å²) in [6.45, 7) is 0. The lowest BCUT2D eigenvalue weighted by atomic mass is 10.00. The quantitative estimate of drug-likeness (QED) is 0.240. The summed E-state index contributed by atoms with van der Waals surface area (Å²) in [4.78, 5) is 6.50. The van der Waals surface area contributed by atoms with E-state index in [1.807, 2.05) is 22.7 Å². The first-order valence-corrected chi connectivity index (χ1v) is 13.4. The smallest absolute Gasteiger partial charge is 0.161 e. The van der Waals surface area contributed by atoms with Crippen LogP contribution in [0.15, 0.2) is 71.4 Å². The minimum Gasteiger partial charge on any atom is -0.493 e. The summed E-state index contributed by atoms with van der Waals surface area (Å²) in [5.41, 5.74) is 1.28. The van der Waals surface area contributed by atoms with Gasteiger partial charge in [-0.25, -0.2) is 0 Å². The second-order valence-corrected chi connectivity index (χ2v) is 11.4. The van der Waals surface area contributed by atoms with E-state index in [1.165, 1.54) is 45.4 Å². The number of fused-ring (bicyclic) bond motifs is 2. The van der Waals surface area contributed by atoms with Crippen molar-refractivity contribution in [3.63, 3.8) is 0 Å². The van der Waals surface area contributed by atoms with E-state index in [0.29, 0.717) is 0 Å². The van der Waals surface area contributed by atoms with Gasteiger partial charge in [-0.3, -0.25) is 0 Å². The maximum atomic E-state index is 5.66. The van der Waals surface area contributed by atoms with Crippen LogP contribution >= 0.6 is 45.3 Å². The van der Waals surface area contributed by atoms with Crippen molar-refractivity contribution in [2.75, 3.05) is 14.2 Å². The van der Waals surface area contributed by atoms with Gasteiger partial charge >= 0.3 is 0 Å². The number of ether oxygens (including phenoxy) is 2. The lowest BCUT2D eigenvalue weighted by Crippen LogP contribution is -1.91. The molecule has 0 saturated carbocycles. The van der Waals surface area contributed by atoms with Crippen LogP contribution in [0.5, 0.6) is 11.5 Å². The van der Waals surface area contributed by atoms with Crippen LogP contribution < -0.4 is 9.47 Å². The van der Waals surface area contributed by atoms with Gasteiger partial charge in [-0.05, 0) is 75.4 Å². The largest absolute Gasteiger partial charge is 0.493 e. The molecule has 158 valence electrons. The van der Waals surface area contributed by atoms with Crippen LogP contribution in [0, 0.1) is 0 Å². The summed E-state index contributed by atoms with van der Waals surface area (Å²) in [7, 11) is 3.39. The molecule has 6 heteroatoms. The zero-order chi connectivity index (χ0) is 21.7. The number of hydrogen-bond acceptors (Lipinski definition) is 6. The Bertz CT molecular complexity index is 1540. The van der Waals surface area contributed by atoms with Crippen LogP contribution in [-0.2, 0) is 0 Å². The van der Waals surface area contributed by atoms with E-state index in [4.69, 9.17) is 9.47 Å². The molecular weight excluding hydrogens is 473 g/mol. The van der Waals surface area contributed by atoms with Crippen LogP contribution in [0.3, 0.4) is 0 Å². The normalized spacial score (nSPS) is 11.4. The van der Waals surface area contributed by atoms with Crippen LogP contribution in [0.25, 0.3) is 50.8 Å². The molecule has 0 amide bonds. The van der Waals surface area contributed by atoms with Crippen molar-refractivity contribution in [3.05, 3.63) is 71.4 Å². The van der Waals surface area contributed by atoms with E-state index in [9.17, 15) is 0 Å². The monoisotopic (exact) mass is 490 g/mol. The van der Waals surface area contributed by atoms with Gasteiger partial charge in [0.2, 0.25) is 0 Å². The number of thiophene rings is 4. The average Bonchev–Trinajstić information content (AvgIpc) is 3.62. The molecule has 4 heterocycles. The Morgan fingerprint density at radius 3 is 1.97 bits per heavy atom. The Hall–Kier alpha value is -2.64. The third kappa shape index (κ3) is 3.26. The molecule has 6 rings (SSSR count). The highest BCUT2D eigenvalue weighted by Crippen LogP contribution is 2.48. The fourth-order valence-electron chi connectivity index (χ4n) is 4.04. The van der Waals surface area contributed by atoms with Crippen molar-refractivity contribution in [1.82, 2.24) is 0 Å². The SMILES string of the molecule is COc1cc2cc3cc(-c4cccs4)sc3c(-c3ccc(-c4cccs4)s3)c2cc1OC. The minimum absolute atomic E-state index is 0.754. The van der Waals surface area contributed by atoms with Crippen molar-refractivity contribution in [3.8, 4) is 41.4 Å². The molecule has 0 aliphatic carbocycles. The van der Waals surface area contributed by atoms with Crippen molar-refractivity contribution in [2.45, 2.75) is 0 Å². The van der Waals surface area contributed by atoms with E-state index in [1.54, 1.807) is 36.9 Å². The molecule has 0 spiro atoms. The molecule has 2 aromatic carbocycles. The molecule has 0 aliphatic rings. The molecule has 0 radical (unpaired) electrons. The molecule has 6 aromatic rings. The van der Waals surface area contributed by atoms with Gasteiger partial charge in [0.05, 0.1) is 14.2 Å². The molecule has 0 bridgehead atoms. The number of benzene rings is 2. The number of rotatable bonds is 5. The van der Waals surface area contributed by atoms with Crippen LogP contribution in [0.1, 0.15) is 0 Å². The second-order valence-electron chi connectivity index (χ2n) is 7.33. The van der Waals surface area contributed by atoms with Crippen molar-refractivity contribution < 1.29 is 9.47 Å². The van der Waals surface area contributed by atoms with Gasteiger partial charge in [-0.2, -0.15) is 0 Å². The summed E-state index contributed by atoms with van der Waals surface area (Å²) >= 11 is 7.29. The van der Waals surface area contributed by atoms with E-state index < -0.39 is 0 Å². The summed E-state index contributed by atoms with van der Waals surface area (Å²) in [5.74, 6) is 1.51. The molecule has 0 aliphatic heterocycles. The summed E-state index contributed by atoms with van der Waals surface area (Å²) in [6, 6.07) is 21.9. The third-order valence-corrected chi connectivity index (χ3v) is 9.91. The maximum absolute atomic E-state index is 5.66. The summed E-state index contributed by atoms with van der Waals surface area (Å²) < 4.78 is 12.6. The highest BCUT2D eigenvalue weighted by atomic mass is 32.1. The molecule has 0 saturated heterocycles. The molecule has 0 unspecified atom stereocenters. The highest BCUT2D eigenvalue weighted by molar-refractivity contribution is 7.27. The minimum atomic E-state index is 0.754. The Kier molecular flexibility index (Phi) is 5.03. The van der Waals surface area contributed by atoms with Gasteiger partial charge in [0.1, 0.15) is 0 Å².